The van der Waals surface area contributed by atoms with Crippen molar-refractivity contribution in [2.45, 2.75) is 0 Å². The SMILES string of the molecule is [2H]c1c([2H])c([2H])c(-c2cc(-c3nc(-c4ccccc4)nc(-c4ccc5cc(-c6cccc7ccccc67)ccc5c4)n3)cc3ccccc23)c([2H])c1[2H]. The molecule has 0 spiro atoms. The second-order valence-electron chi connectivity index (χ2n) is 11.7. The fourth-order valence-corrected chi connectivity index (χ4v) is 6.41. The van der Waals surface area contributed by atoms with E-state index in [1.807, 2.05) is 72.8 Å². The van der Waals surface area contributed by atoms with Gasteiger partial charge in [0.2, 0.25) is 0 Å². The van der Waals surface area contributed by atoms with Crippen molar-refractivity contribution in [2.75, 3.05) is 0 Å². The number of aromatic nitrogens is 3. The van der Waals surface area contributed by atoms with Crippen LogP contribution in [-0.2, 0) is 0 Å². The lowest BCUT2D eigenvalue weighted by molar-refractivity contribution is 1.08. The third kappa shape index (κ3) is 5.08. The van der Waals surface area contributed by atoms with Gasteiger partial charge in [0.05, 0.1) is 6.85 Å². The van der Waals surface area contributed by atoms with Gasteiger partial charge in [-0.2, -0.15) is 0 Å². The molecule has 1 aromatic heterocycles. The fourth-order valence-electron chi connectivity index (χ4n) is 6.41. The number of fused-ring (bicyclic) bond motifs is 3. The highest BCUT2D eigenvalue weighted by molar-refractivity contribution is 6.01. The molecule has 0 unspecified atom stereocenters. The first-order chi connectivity index (χ1) is 25.8. The Bertz CT molecular complexity index is 2880. The van der Waals surface area contributed by atoms with Crippen LogP contribution in [-0.4, -0.2) is 15.0 Å². The molecule has 0 bridgehead atoms. The number of rotatable bonds is 5. The van der Waals surface area contributed by atoms with Crippen molar-refractivity contribution in [1.82, 2.24) is 15.0 Å². The summed E-state index contributed by atoms with van der Waals surface area (Å²) in [5.41, 5.74) is 5.23. The summed E-state index contributed by atoms with van der Waals surface area (Å²) in [6.45, 7) is 0. The van der Waals surface area contributed by atoms with Gasteiger partial charge >= 0.3 is 0 Å². The lowest BCUT2D eigenvalue weighted by Crippen LogP contribution is -2.00. The maximum Gasteiger partial charge on any atom is 0.164 e. The molecule has 0 aliphatic carbocycles. The normalized spacial score (nSPS) is 12.8. The second kappa shape index (κ2) is 11.7. The van der Waals surface area contributed by atoms with Crippen LogP contribution in [0.4, 0.5) is 0 Å². The highest BCUT2D eigenvalue weighted by Crippen LogP contribution is 2.36. The maximum atomic E-state index is 8.77. The molecule has 3 nitrogen and oxygen atoms in total. The quantitative estimate of drug-likeness (QED) is 0.193. The Kier molecular flexibility index (Phi) is 5.61. The monoisotopic (exact) mass is 616 g/mol. The van der Waals surface area contributed by atoms with Gasteiger partial charge in [-0.15, -0.1) is 0 Å². The standard InChI is InChI=1S/C45H29N3/c1-3-12-31(13-4-1)42-29-38(28-35-17-8-10-20-41(35)42)45-47-43(32-15-5-2-6-16-32)46-44(48-45)37-25-23-33-26-36(24-22-34(33)27-37)40-21-11-18-30-14-7-9-19-39(30)40/h1-29H/i1D,3D,4D,12D,13D. The summed E-state index contributed by atoms with van der Waals surface area (Å²) in [4.78, 5) is 14.9. The largest absolute Gasteiger partial charge is 0.208 e. The van der Waals surface area contributed by atoms with Crippen molar-refractivity contribution in [3.8, 4) is 56.4 Å². The topological polar surface area (TPSA) is 38.7 Å². The number of nitrogens with zero attached hydrogens (tertiary/aromatic N) is 3. The first-order valence-corrected chi connectivity index (χ1v) is 15.8. The van der Waals surface area contributed by atoms with Crippen LogP contribution in [0.1, 0.15) is 6.85 Å². The zero-order valence-corrected chi connectivity index (χ0v) is 25.7. The third-order valence-electron chi connectivity index (χ3n) is 8.76. The molecule has 3 heteroatoms. The first-order valence-electron chi connectivity index (χ1n) is 18.3. The minimum Gasteiger partial charge on any atom is -0.208 e. The van der Waals surface area contributed by atoms with E-state index in [4.69, 9.17) is 21.8 Å². The van der Waals surface area contributed by atoms with E-state index in [9.17, 15) is 0 Å². The summed E-state index contributed by atoms with van der Waals surface area (Å²) >= 11 is 0. The van der Waals surface area contributed by atoms with Gasteiger partial charge in [0, 0.05) is 16.7 Å². The molecular weight excluding hydrogens is 583 g/mol. The van der Waals surface area contributed by atoms with Crippen LogP contribution in [0.3, 0.4) is 0 Å². The minimum atomic E-state index is -0.431. The van der Waals surface area contributed by atoms with E-state index in [1.165, 1.54) is 16.3 Å². The van der Waals surface area contributed by atoms with Crippen LogP contribution >= 0.6 is 0 Å². The Hall–Kier alpha value is -6.45. The van der Waals surface area contributed by atoms with Crippen molar-refractivity contribution in [3.05, 3.63) is 176 Å². The van der Waals surface area contributed by atoms with Crippen LogP contribution in [0, 0.1) is 0 Å². The van der Waals surface area contributed by atoms with Crippen molar-refractivity contribution in [3.63, 3.8) is 0 Å². The first kappa shape index (κ1) is 23.0. The summed E-state index contributed by atoms with van der Waals surface area (Å²) in [6, 6.07) is 46.9. The highest BCUT2D eigenvalue weighted by atomic mass is 15.0. The average molecular weight is 617 g/mol. The second-order valence-corrected chi connectivity index (χ2v) is 11.7. The highest BCUT2D eigenvalue weighted by Gasteiger charge is 2.15. The number of hydrogen-bond acceptors (Lipinski definition) is 3. The van der Waals surface area contributed by atoms with E-state index in [1.54, 1.807) is 0 Å². The molecule has 9 rings (SSSR count). The Morgan fingerprint density at radius 2 is 0.896 bits per heavy atom. The molecular formula is C45H29N3. The van der Waals surface area contributed by atoms with Gasteiger partial charge in [-0.1, -0.05) is 152 Å². The van der Waals surface area contributed by atoms with E-state index in [0.717, 1.165) is 38.2 Å². The molecule has 0 radical (unpaired) electrons. The van der Waals surface area contributed by atoms with E-state index < -0.39 is 6.04 Å². The van der Waals surface area contributed by atoms with E-state index in [0.29, 0.717) is 28.6 Å². The van der Waals surface area contributed by atoms with Crippen LogP contribution in [0.2, 0.25) is 0 Å². The predicted molar refractivity (Wildman–Crippen MR) is 200 cm³/mol. The fraction of sp³-hybridized carbons (Fsp3) is 0. The minimum absolute atomic E-state index is 0.129. The molecule has 48 heavy (non-hydrogen) atoms. The van der Waals surface area contributed by atoms with Crippen molar-refractivity contribution in [2.24, 2.45) is 0 Å². The summed E-state index contributed by atoms with van der Waals surface area (Å²) in [7, 11) is 0. The van der Waals surface area contributed by atoms with Crippen molar-refractivity contribution >= 4 is 32.3 Å². The van der Waals surface area contributed by atoms with Gasteiger partial charge in [0.25, 0.3) is 0 Å². The van der Waals surface area contributed by atoms with Crippen molar-refractivity contribution < 1.29 is 6.85 Å². The van der Waals surface area contributed by atoms with E-state index in [-0.39, 0.29) is 29.7 Å². The Balaban J connectivity index is 1.21. The van der Waals surface area contributed by atoms with E-state index >= 15 is 0 Å². The van der Waals surface area contributed by atoms with Crippen LogP contribution in [0.25, 0.3) is 88.7 Å². The third-order valence-corrected chi connectivity index (χ3v) is 8.76. The van der Waals surface area contributed by atoms with Crippen LogP contribution in [0.5, 0.6) is 0 Å². The van der Waals surface area contributed by atoms with Crippen molar-refractivity contribution in [1.29, 1.82) is 0 Å². The number of hydrogen-bond donors (Lipinski definition) is 0. The predicted octanol–water partition coefficient (Wildman–Crippen LogP) is 11.7. The Morgan fingerprint density at radius 1 is 0.333 bits per heavy atom. The summed E-state index contributed by atoms with van der Waals surface area (Å²) in [5, 5.41) is 6.12. The number of benzene rings is 8. The van der Waals surface area contributed by atoms with Gasteiger partial charge in [-0.25, -0.2) is 15.0 Å². The molecule has 0 saturated heterocycles. The maximum absolute atomic E-state index is 8.77. The smallest absolute Gasteiger partial charge is 0.164 e. The lowest BCUT2D eigenvalue weighted by atomic mass is 9.95. The summed E-state index contributed by atoms with van der Waals surface area (Å²) in [6.07, 6.45) is 0. The van der Waals surface area contributed by atoms with Crippen LogP contribution < -0.4 is 0 Å². The molecule has 224 valence electrons. The molecule has 0 saturated carbocycles. The summed E-state index contributed by atoms with van der Waals surface area (Å²) < 4.78 is 42.4. The van der Waals surface area contributed by atoms with Gasteiger partial charge < -0.3 is 0 Å². The molecule has 0 aliphatic heterocycles. The van der Waals surface area contributed by atoms with Gasteiger partial charge in [0.15, 0.2) is 17.5 Å². The Morgan fingerprint density at radius 3 is 1.67 bits per heavy atom. The van der Waals surface area contributed by atoms with Gasteiger partial charge in [0.1, 0.15) is 0 Å². The average Bonchev–Trinajstić information content (AvgIpc) is 3.21. The molecule has 0 fully saturated rings. The lowest BCUT2D eigenvalue weighted by Gasteiger charge is -2.13. The molecule has 0 atom stereocenters. The Labute approximate surface area is 285 Å². The molecule has 0 amide bonds. The molecule has 8 aromatic carbocycles. The van der Waals surface area contributed by atoms with Gasteiger partial charge in [-0.05, 0) is 78.8 Å². The molecule has 9 aromatic rings. The summed E-state index contributed by atoms with van der Waals surface area (Å²) in [5.74, 6) is 1.39. The molecule has 0 aliphatic rings. The molecule has 0 N–H and O–H groups in total. The zero-order valence-electron chi connectivity index (χ0n) is 30.7. The van der Waals surface area contributed by atoms with Crippen LogP contribution in [0.15, 0.2) is 176 Å². The van der Waals surface area contributed by atoms with E-state index in [2.05, 4.69) is 72.8 Å². The van der Waals surface area contributed by atoms with Gasteiger partial charge in [-0.3, -0.25) is 0 Å². The molecule has 1 heterocycles. The zero-order chi connectivity index (χ0) is 36.2.